The van der Waals surface area contributed by atoms with Crippen LogP contribution in [0.4, 0.5) is 0 Å². The number of halogens is 2. The summed E-state index contributed by atoms with van der Waals surface area (Å²) in [6, 6.07) is 27.8. The van der Waals surface area contributed by atoms with Gasteiger partial charge in [-0.3, -0.25) is 0 Å². The summed E-state index contributed by atoms with van der Waals surface area (Å²) in [7, 11) is 1.08. The Morgan fingerprint density at radius 2 is 1.11 bits per heavy atom. The van der Waals surface area contributed by atoms with Crippen LogP contribution in [0.1, 0.15) is 10.4 Å². The first-order valence-corrected chi connectivity index (χ1v) is 10.1. The van der Waals surface area contributed by atoms with Crippen molar-refractivity contribution in [2.75, 3.05) is 0 Å². The largest absolute Gasteiger partial charge is 4.00 e. The number of amides is 1. The van der Waals surface area contributed by atoms with Crippen LogP contribution in [-0.4, -0.2) is 15.4 Å². The topological polar surface area (TPSA) is 40.9 Å². The van der Waals surface area contributed by atoms with Gasteiger partial charge in [-0.2, -0.15) is 0 Å². The molecule has 4 aromatic carbocycles. The van der Waals surface area contributed by atoms with Crippen molar-refractivity contribution in [3.8, 4) is 0 Å². The Morgan fingerprint density at radius 1 is 0.750 bits per heavy atom. The van der Waals surface area contributed by atoms with Crippen molar-refractivity contribution in [1.82, 2.24) is 0 Å². The summed E-state index contributed by atoms with van der Waals surface area (Å²) in [5.41, 5.74) is 7.12. The zero-order valence-corrected chi connectivity index (χ0v) is 20.7. The summed E-state index contributed by atoms with van der Waals surface area (Å²) in [4.78, 5) is 10.3. The molecule has 0 atom stereocenters. The van der Waals surface area contributed by atoms with Crippen molar-refractivity contribution in [2.45, 2.75) is 13.1 Å². The summed E-state index contributed by atoms with van der Waals surface area (Å²) in [5, 5.41) is 5.39. The number of carbonyl (C=O) groups is 1. The molecule has 0 saturated heterocycles. The first-order chi connectivity index (χ1) is 12.2. The quantitative estimate of drug-likeness (QED) is 0.273. The van der Waals surface area contributed by atoms with Gasteiger partial charge in [0.2, 0.25) is 0 Å². The van der Waals surface area contributed by atoms with Crippen LogP contribution < -0.4 is 24.8 Å². The Bertz CT molecular complexity index is 895. The molecule has 0 aliphatic heterocycles. The predicted molar refractivity (Wildman–Crippen MR) is 110 cm³/mol. The molecular formula is C22H21Cl2NOSiZr. The van der Waals surface area contributed by atoms with Gasteiger partial charge >= 0.3 is 26.2 Å². The van der Waals surface area contributed by atoms with E-state index in [9.17, 15) is 4.79 Å². The third kappa shape index (κ3) is 8.36. The van der Waals surface area contributed by atoms with Crippen molar-refractivity contribution in [1.29, 1.82) is 0 Å². The Balaban J connectivity index is 0. The summed E-state index contributed by atoms with van der Waals surface area (Å²) < 4.78 is 0. The van der Waals surface area contributed by atoms with Gasteiger partial charge in [-0.05, 0) is 5.56 Å². The van der Waals surface area contributed by atoms with E-state index in [-0.39, 0.29) is 51.0 Å². The Labute approximate surface area is 201 Å². The first kappa shape index (κ1) is 28.9. The van der Waals surface area contributed by atoms with Crippen LogP contribution in [0.2, 0.25) is 13.1 Å². The summed E-state index contributed by atoms with van der Waals surface area (Å²) in [6.07, 6.45) is 0. The maximum Gasteiger partial charge on any atom is 4.00 e. The van der Waals surface area contributed by atoms with E-state index in [1.54, 1.807) is 24.3 Å². The maximum atomic E-state index is 10.3. The van der Waals surface area contributed by atoms with E-state index in [2.05, 4.69) is 67.7 Å². The fourth-order valence-corrected chi connectivity index (χ4v) is 2.49. The molecule has 0 heterocycles. The molecule has 2 nitrogen and oxygen atoms in total. The van der Waals surface area contributed by atoms with Gasteiger partial charge in [0, 0.05) is 9.52 Å². The molecule has 28 heavy (non-hydrogen) atoms. The summed E-state index contributed by atoms with van der Waals surface area (Å²) in [5.74, 6) is -0.629. The van der Waals surface area contributed by atoms with Crippen LogP contribution in [0.15, 0.2) is 84.9 Å². The van der Waals surface area contributed by atoms with Gasteiger partial charge in [-0.1, -0.05) is 79.8 Å². The van der Waals surface area contributed by atoms with E-state index < -0.39 is 5.91 Å². The summed E-state index contributed by atoms with van der Waals surface area (Å²) >= 11 is 0. The minimum Gasteiger partial charge on any atom is -1.00 e. The van der Waals surface area contributed by atoms with Crippen LogP contribution in [0, 0.1) is 0 Å². The third-order valence-electron chi connectivity index (χ3n) is 3.56. The van der Waals surface area contributed by atoms with Gasteiger partial charge in [0.25, 0.3) is 0 Å². The predicted octanol–water partition coefficient (Wildman–Crippen LogP) is 0.383. The number of hydrogen-bond acceptors (Lipinski definition) is 1. The molecule has 0 aliphatic rings. The SMILES string of the molecule is C[Si]C.[Cl-].[Cl-].[NH-]C(=O)c1ccccc1.[Zr+4].c1ccc2c(c1)[cH-]c1ccccc12. The number of benzene rings is 3. The van der Waals surface area contributed by atoms with Gasteiger partial charge in [0.1, 0.15) is 0 Å². The zero-order valence-electron chi connectivity index (χ0n) is 15.7. The Hall–Kier alpha value is -1.32. The molecule has 0 aliphatic carbocycles. The number of hydrogen-bond donors (Lipinski definition) is 0. The fourth-order valence-electron chi connectivity index (χ4n) is 2.49. The third-order valence-corrected chi connectivity index (χ3v) is 3.56. The minimum absolute atomic E-state index is 0. The average molecular weight is 506 g/mol. The molecule has 0 unspecified atom stereocenters. The van der Waals surface area contributed by atoms with E-state index in [0.717, 1.165) is 9.52 Å². The van der Waals surface area contributed by atoms with Crippen molar-refractivity contribution in [2.24, 2.45) is 0 Å². The second kappa shape index (κ2) is 15.6. The molecule has 0 fully saturated rings. The number of rotatable bonds is 1. The van der Waals surface area contributed by atoms with E-state index in [0.29, 0.717) is 5.56 Å². The molecule has 142 valence electrons. The second-order valence-corrected chi connectivity index (χ2v) is 6.51. The smallest absolute Gasteiger partial charge is 1.00 e. The van der Waals surface area contributed by atoms with Crippen LogP contribution >= 0.6 is 0 Å². The van der Waals surface area contributed by atoms with Gasteiger partial charge < -0.3 is 35.3 Å². The van der Waals surface area contributed by atoms with Crippen molar-refractivity contribution in [3.05, 3.63) is 96.2 Å². The molecule has 2 radical (unpaired) electrons. The minimum atomic E-state index is -0.629. The Kier molecular flexibility index (Phi) is 16.1. The molecule has 1 amide bonds. The zero-order chi connectivity index (χ0) is 18.1. The summed E-state index contributed by atoms with van der Waals surface area (Å²) in [6.45, 7) is 4.31. The van der Waals surface area contributed by atoms with Gasteiger partial charge in [-0.15, -0.1) is 39.7 Å². The van der Waals surface area contributed by atoms with Crippen LogP contribution in [0.25, 0.3) is 27.3 Å². The van der Waals surface area contributed by atoms with Crippen molar-refractivity contribution in [3.63, 3.8) is 0 Å². The molecule has 4 aromatic rings. The van der Waals surface area contributed by atoms with Crippen LogP contribution in [-0.2, 0) is 26.2 Å². The molecule has 6 heteroatoms. The second-order valence-electron chi connectivity index (χ2n) is 5.51. The van der Waals surface area contributed by atoms with E-state index in [4.69, 9.17) is 5.73 Å². The van der Waals surface area contributed by atoms with Crippen molar-refractivity contribution < 1.29 is 55.8 Å². The molecule has 0 saturated carbocycles. The normalized spacial score (nSPS) is 8.64. The molecule has 1 N–H and O–H groups in total. The number of nitrogens with one attached hydrogen (secondary N) is 1. The van der Waals surface area contributed by atoms with E-state index in [1.807, 2.05) is 6.07 Å². The van der Waals surface area contributed by atoms with Crippen LogP contribution in [0.3, 0.4) is 0 Å². The standard InChI is InChI=1S/C13H9.C7H7NO.C2H6Si.2ClH.Zr/c1-3-7-12-10(5-1)9-11-6-2-4-8-13(11)12;8-7(9)6-4-2-1-3-5-6;1-3-2;;;/h1-9H;1-5H,(H2,8,9);1-2H3;2*1H;/q-1;;;;;+4/p-3. The molecule has 0 aromatic heterocycles. The van der Waals surface area contributed by atoms with Gasteiger partial charge in [0.05, 0.1) is 5.91 Å². The van der Waals surface area contributed by atoms with Gasteiger partial charge in [-0.25, -0.2) is 0 Å². The molecule has 4 rings (SSSR count). The first-order valence-electron chi connectivity index (χ1n) is 8.10. The Morgan fingerprint density at radius 3 is 1.46 bits per heavy atom. The van der Waals surface area contributed by atoms with E-state index >= 15 is 0 Å². The van der Waals surface area contributed by atoms with Crippen molar-refractivity contribution >= 4 is 37.0 Å². The number of fused-ring (bicyclic) bond motifs is 3. The maximum absolute atomic E-state index is 10.3. The van der Waals surface area contributed by atoms with Crippen LogP contribution in [0.5, 0.6) is 0 Å². The molecule has 0 bridgehead atoms. The van der Waals surface area contributed by atoms with E-state index in [1.165, 1.54) is 21.5 Å². The molecular weight excluding hydrogens is 484 g/mol. The van der Waals surface area contributed by atoms with Gasteiger partial charge in [0.15, 0.2) is 0 Å². The fraction of sp³-hybridized carbons (Fsp3) is 0.0909. The molecule has 0 spiro atoms. The monoisotopic (exact) mass is 503 g/mol. The number of carbonyl (C=O) groups excluding carboxylic acids is 1. The average Bonchev–Trinajstić information content (AvgIpc) is 3.02.